The number of likely N-dealkylation sites (N-methyl/N-ethyl adjacent to an activating group) is 1. The van der Waals surface area contributed by atoms with Gasteiger partial charge in [0.1, 0.15) is 23.3 Å². The molecule has 8 nitrogen and oxygen atoms in total. The van der Waals surface area contributed by atoms with Gasteiger partial charge in [0, 0.05) is 45.3 Å². The zero-order chi connectivity index (χ0) is 24.2. The molecule has 3 aromatic rings. The lowest BCUT2D eigenvalue weighted by Gasteiger charge is -2.33. The second-order valence-electron chi connectivity index (χ2n) is 9.49. The Labute approximate surface area is 203 Å². The Hall–Kier alpha value is -3.00. The van der Waals surface area contributed by atoms with Crippen molar-refractivity contribution in [2.45, 2.75) is 52.5 Å². The molecule has 0 radical (unpaired) electrons. The van der Waals surface area contributed by atoms with Gasteiger partial charge in [-0.2, -0.15) is 5.10 Å². The van der Waals surface area contributed by atoms with Gasteiger partial charge in [-0.3, -0.25) is 0 Å². The predicted molar refractivity (Wildman–Crippen MR) is 138 cm³/mol. The molecule has 2 aromatic heterocycles. The lowest BCUT2D eigenvalue weighted by Crippen LogP contribution is -2.46. The fourth-order valence-electron chi connectivity index (χ4n) is 4.36. The second kappa shape index (κ2) is 10.5. The van der Waals surface area contributed by atoms with Gasteiger partial charge in [0.25, 0.3) is 0 Å². The van der Waals surface area contributed by atoms with E-state index in [4.69, 9.17) is 0 Å². The standard InChI is InChI=1S/C15H26N6.C11H12N2/c1-12(21-15(4)17-13(2)18-21)6-7-16-14(3)20-10-8-19(5)9-11-20;1-13-10-5-3-2-4-9(10)12-11(13)8-6-7-8/h6-7,12H,8-11H2,1-5H3;2-5,8H,6-7H2,1H3/b7-6-,16-14?;. The maximum atomic E-state index is 4.64. The summed E-state index contributed by atoms with van der Waals surface area (Å²) in [5.41, 5.74) is 2.39. The fourth-order valence-corrected chi connectivity index (χ4v) is 4.36. The molecule has 1 aliphatic heterocycles. The van der Waals surface area contributed by atoms with E-state index in [1.165, 1.54) is 24.2 Å². The molecule has 1 unspecified atom stereocenters. The van der Waals surface area contributed by atoms with Crippen molar-refractivity contribution in [2.75, 3.05) is 33.2 Å². The number of hydrogen-bond acceptors (Lipinski definition) is 5. The first-order chi connectivity index (χ1) is 16.3. The summed E-state index contributed by atoms with van der Waals surface area (Å²) in [5.74, 6) is 4.82. The van der Waals surface area contributed by atoms with E-state index >= 15 is 0 Å². The Morgan fingerprint density at radius 2 is 1.76 bits per heavy atom. The van der Waals surface area contributed by atoms with Crippen LogP contribution in [-0.2, 0) is 7.05 Å². The van der Waals surface area contributed by atoms with Crippen LogP contribution in [0.25, 0.3) is 11.0 Å². The average molecular weight is 463 g/mol. The van der Waals surface area contributed by atoms with Crippen LogP contribution in [-0.4, -0.2) is 73.2 Å². The molecular weight excluding hydrogens is 424 g/mol. The molecule has 0 N–H and O–H groups in total. The molecule has 0 spiro atoms. The largest absolute Gasteiger partial charge is 0.358 e. The Balaban J connectivity index is 0.000000178. The summed E-state index contributed by atoms with van der Waals surface area (Å²) in [6.45, 7) is 12.4. The average Bonchev–Trinajstić information content (AvgIpc) is 3.53. The van der Waals surface area contributed by atoms with Crippen LogP contribution in [0.5, 0.6) is 0 Å². The van der Waals surface area contributed by atoms with Gasteiger partial charge in [0.2, 0.25) is 0 Å². The van der Waals surface area contributed by atoms with Crippen molar-refractivity contribution in [2.24, 2.45) is 12.0 Å². The van der Waals surface area contributed by atoms with Crippen molar-refractivity contribution >= 4 is 16.9 Å². The van der Waals surface area contributed by atoms with E-state index in [2.05, 4.69) is 86.6 Å². The summed E-state index contributed by atoms with van der Waals surface area (Å²) in [7, 11) is 4.27. The Kier molecular flexibility index (Phi) is 7.46. The Morgan fingerprint density at radius 1 is 1.06 bits per heavy atom. The molecule has 1 aromatic carbocycles. The van der Waals surface area contributed by atoms with Crippen LogP contribution in [0, 0.1) is 13.8 Å². The van der Waals surface area contributed by atoms with Crippen LogP contribution >= 0.6 is 0 Å². The van der Waals surface area contributed by atoms with Gasteiger partial charge in [-0.15, -0.1) is 0 Å². The summed E-state index contributed by atoms with van der Waals surface area (Å²) in [5, 5.41) is 4.40. The molecule has 0 bridgehead atoms. The van der Waals surface area contributed by atoms with Gasteiger partial charge in [0.05, 0.1) is 17.1 Å². The number of amidine groups is 1. The van der Waals surface area contributed by atoms with E-state index in [0.717, 1.165) is 55.1 Å². The molecule has 1 aliphatic carbocycles. The van der Waals surface area contributed by atoms with Crippen molar-refractivity contribution < 1.29 is 0 Å². The summed E-state index contributed by atoms with van der Waals surface area (Å²) in [6, 6.07) is 8.50. The normalized spacial score (nSPS) is 18.4. The van der Waals surface area contributed by atoms with Crippen LogP contribution in [0.4, 0.5) is 0 Å². The summed E-state index contributed by atoms with van der Waals surface area (Å²) in [6.07, 6.45) is 6.57. The molecular formula is C26H38N8. The van der Waals surface area contributed by atoms with E-state index in [9.17, 15) is 0 Å². The molecule has 1 saturated heterocycles. The molecule has 0 amide bonds. The summed E-state index contributed by atoms with van der Waals surface area (Å²) >= 11 is 0. The van der Waals surface area contributed by atoms with E-state index < -0.39 is 0 Å². The zero-order valence-electron chi connectivity index (χ0n) is 21.4. The molecule has 8 heteroatoms. The van der Waals surface area contributed by atoms with Crippen molar-refractivity contribution in [1.82, 2.24) is 34.1 Å². The Morgan fingerprint density at radius 3 is 2.38 bits per heavy atom. The topological polar surface area (TPSA) is 67.4 Å². The van der Waals surface area contributed by atoms with Gasteiger partial charge >= 0.3 is 0 Å². The third-order valence-electron chi connectivity index (χ3n) is 6.64. The number of piperazine rings is 1. The van der Waals surface area contributed by atoms with Gasteiger partial charge in [0.15, 0.2) is 0 Å². The van der Waals surface area contributed by atoms with E-state index in [1.807, 2.05) is 30.8 Å². The molecule has 182 valence electrons. The fraction of sp³-hybridized carbons (Fsp3) is 0.538. The number of hydrogen-bond donors (Lipinski definition) is 0. The van der Waals surface area contributed by atoms with Crippen molar-refractivity contribution in [1.29, 1.82) is 0 Å². The van der Waals surface area contributed by atoms with Crippen LogP contribution < -0.4 is 0 Å². The minimum absolute atomic E-state index is 0.162. The van der Waals surface area contributed by atoms with E-state index in [0.29, 0.717) is 0 Å². The smallest absolute Gasteiger partial charge is 0.147 e. The van der Waals surface area contributed by atoms with Crippen molar-refractivity contribution in [3.63, 3.8) is 0 Å². The number of aliphatic imine (C=N–C) groups is 1. The number of allylic oxidation sites excluding steroid dienone is 1. The number of nitrogens with zero attached hydrogens (tertiary/aromatic N) is 8. The minimum atomic E-state index is 0.162. The molecule has 2 fully saturated rings. The zero-order valence-corrected chi connectivity index (χ0v) is 21.4. The second-order valence-corrected chi connectivity index (χ2v) is 9.49. The summed E-state index contributed by atoms with van der Waals surface area (Å²) in [4.78, 5) is 18.2. The van der Waals surface area contributed by atoms with Gasteiger partial charge < -0.3 is 14.4 Å². The highest BCUT2D eigenvalue weighted by Gasteiger charge is 2.28. The number of para-hydroxylation sites is 2. The number of aromatic nitrogens is 5. The van der Waals surface area contributed by atoms with E-state index in [1.54, 1.807) is 0 Å². The molecule has 1 atom stereocenters. The van der Waals surface area contributed by atoms with Crippen LogP contribution in [0.3, 0.4) is 0 Å². The monoisotopic (exact) mass is 462 g/mol. The highest BCUT2D eigenvalue weighted by atomic mass is 15.4. The molecule has 5 rings (SSSR count). The maximum Gasteiger partial charge on any atom is 0.147 e. The number of benzene rings is 1. The lowest BCUT2D eigenvalue weighted by atomic mass is 10.3. The number of fused-ring (bicyclic) bond motifs is 1. The summed E-state index contributed by atoms with van der Waals surface area (Å²) < 4.78 is 4.15. The molecule has 3 heterocycles. The molecule has 34 heavy (non-hydrogen) atoms. The molecule has 1 saturated carbocycles. The maximum absolute atomic E-state index is 4.64. The SMILES string of the molecule is CC(=N/C=C\C(C)n1nc(C)nc1C)N1CCN(C)CC1.Cn1c(C2CC2)nc2ccccc21. The van der Waals surface area contributed by atoms with Gasteiger partial charge in [-0.1, -0.05) is 12.1 Å². The van der Waals surface area contributed by atoms with E-state index in [-0.39, 0.29) is 6.04 Å². The lowest BCUT2D eigenvalue weighted by molar-refractivity contribution is 0.215. The number of aryl methyl sites for hydroxylation is 3. The first-order valence-corrected chi connectivity index (χ1v) is 12.3. The quantitative estimate of drug-likeness (QED) is 0.432. The first kappa shape index (κ1) is 24.1. The molecule has 2 aliphatic rings. The van der Waals surface area contributed by atoms with Gasteiger partial charge in [-0.05, 0) is 65.8 Å². The highest BCUT2D eigenvalue weighted by Crippen LogP contribution is 2.40. The van der Waals surface area contributed by atoms with Crippen LogP contribution in [0.15, 0.2) is 41.5 Å². The third kappa shape index (κ3) is 5.73. The van der Waals surface area contributed by atoms with Crippen LogP contribution in [0.2, 0.25) is 0 Å². The number of imidazole rings is 1. The minimum Gasteiger partial charge on any atom is -0.358 e. The predicted octanol–water partition coefficient (Wildman–Crippen LogP) is 4.09. The third-order valence-corrected chi connectivity index (χ3v) is 6.64. The van der Waals surface area contributed by atoms with Crippen molar-refractivity contribution in [3.8, 4) is 0 Å². The van der Waals surface area contributed by atoms with Crippen LogP contribution in [0.1, 0.15) is 56.1 Å². The number of rotatable bonds is 4. The first-order valence-electron chi connectivity index (χ1n) is 12.3. The highest BCUT2D eigenvalue weighted by molar-refractivity contribution is 5.80. The van der Waals surface area contributed by atoms with Crippen molar-refractivity contribution in [3.05, 3.63) is 54.0 Å². The Bertz CT molecular complexity index is 1160. The van der Waals surface area contributed by atoms with Gasteiger partial charge in [-0.25, -0.2) is 19.6 Å².